The van der Waals surface area contributed by atoms with Crippen LogP contribution >= 0.6 is 0 Å². The molecule has 0 bridgehead atoms. The number of aromatic nitrogens is 1. The molecule has 0 spiro atoms. The highest BCUT2D eigenvalue weighted by Gasteiger charge is 2.00. The van der Waals surface area contributed by atoms with Gasteiger partial charge in [-0.3, -0.25) is 4.79 Å². The standard InChI is InChI=1S/C11H12N2O/c1-2-9-5-7-3-4-8(12)6-10(7)11(14)13-9/h3-6H,2,12H2,1H3,(H,13,14). The van der Waals surface area contributed by atoms with Gasteiger partial charge < -0.3 is 10.7 Å². The Labute approximate surface area is 81.6 Å². The molecule has 0 saturated carbocycles. The molecule has 2 aromatic rings. The number of nitrogens with one attached hydrogen (secondary N) is 1. The maximum atomic E-state index is 11.6. The molecule has 0 unspecified atom stereocenters. The fourth-order valence-corrected chi connectivity index (χ4v) is 1.52. The maximum Gasteiger partial charge on any atom is 0.256 e. The summed E-state index contributed by atoms with van der Waals surface area (Å²) in [5, 5.41) is 1.60. The van der Waals surface area contributed by atoms with Gasteiger partial charge in [0.05, 0.1) is 0 Å². The highest BCUT2D eigenvalue weighted by atomic mass is 16.1. The SMILES string of the molecule is CCc1cc2ccc(N)cc2c(=O)[nH]1. The predicted octanol–water partition coefficient (Wildman–Crippen LogP) is 1.67. The van der Waals surface area contributed by atoms with E-state index < -0.39 is 0 Å². The molecule has 3 N–H and O–H groups in total. The highest BCUT2D eigenvalue weighted by Crippen LogP contribution is 2.14. The van der Waals surface area contributed by atoms with Gasteiger partial charge in [-0.2, -0.15) is 0 Å². The van der Waals surface area contributed by atoms with Gasteiger partial charge in [-0.05, 0) is 30.0 Å². The lowest BCUT2D eigenvalue weighted by atomic mass is 10.1. The van der Waals surface area contributed by atoms with Crippen LogP contribution in [-0.2, 0) is 6.42 Å². The van der Waals surface area contributed by atoms with Crippen molar-refractivity contribution in [2.24, 2.45) is 0 Å². The normalized spacial score (nSPS) is 10.6. The lowest BCUT2D eigenvalue weighted by Gasteiger charge is -2.01. The van der Waals surface area contributed by atoms with Crippen molar-refractivity contribution in [2.45, 2.75) is 13.3 Å². The van der Waals surface area contributed by atoms with Crippen LogP contribution in [0.4, 0.5) is 5.69 Å². The molecule has 0 atom stereocenters. The topological polar surface area (TPSA) is 58.9 Å². The number of hydrogen-bond acceptors (Lipinski definition) is 2. The fourth-order valence-electron chi connectivity index (χ4n) is 1.52. The summed E-state index contributed by atoms with van der Waals surface area (Å²) in [6.45, 7) is 2.01. The molecule has 1 heterocycles. The Morgan fingerprint density at radius 1 is 1.36 bits per heavy atom. The summed E-state index contributed by atoms with van der Waals surface area (Å²) in [6.07, 6.45) is 0.829. The third-order valence-electron chi connectivity index (χ3n) is 2.31. The Balaban J connectivity index is 2.83. The summed E-state index contributed by atoms with van der Waals surface area (Å²) in [4.78, 5) is 14.4. The van der Waals surface area contributed by atoms with Gasteiger partial charge in [0.2, 0.25) is 0 Å². The van der Waals surface area contributed by atoms with Gasteiger partial charge in [-0.1, -0.05) is 13.0 Å². The first-order valence-corrected chi connectivity index (χ1v) is 4.62. The van der Waals surface area contributed by atoms with Gasteiger partial charge >= 0.3 is 0 Å². The van der Waals surface area contributed by atoms with E-state index in [0.29, 0.717) is 11.1 Å². The second-order valence-electron chi connectivity index (χ2n) is 3.32. The number of aromatic amines is 1. The quantitative estimate of drug-likeness (QED) is 0.669. The van der Waals surface area contributed by atoms with E-state index in [0.717, 1.165) is 17.5 Å². The van der Waals surface area contributed by atoms with Crippen LogP contribution < -0.4 is 11.3 Å². The van der Waals surface area contributed by atoms with E-state index in [2.05, 4.69) is 4.98 Å². The average Bonchev–Trinajstić information content (AvgIpc) is 2.19. The van der Waals surface area contributed by atoms with Gasteiger partial charge in [0.25, 0.3) is 5.56 Å². The molecule has 0 saturated heterocycles. The van der Waals surface area contributed by atoms with Crippen LogP contribution in [0.15, 0.2) is 29.1 Å². The lowest BCUT2D eigenvalue weighted by molar-refractivity contribution is 1.02. The van der Waals surface area contributed by atoms with E-state index in [1.165, 1.54) is 0 Å². The minimum absolute atomic E-state index is 0.0633. The minimum Gasteiger partial charge on any atom is -0.399 e. The van der Waals surface area contributed by atoms with Crippen LogP contribution in [0.25, 0.3) is 10.8 Å². The summed E-state index contributed by atoms with van der Waals surface area (Å²) >= 11 is 0. The van der Waals surface area contributed by atoms with Crippen molar-refractivity contribution >= 4 is 16.5 Å². The molecule has 0 aliphatic carbocycles. The van der Waals surface area contributed by atoms with Gasteiger partial charge in [0.1, 0.15) is 0 Å². The molecule has 1 aromatic carbocycles. The van der Waals surface area contributed by atoms with Crippen LogP contribution in [0.1, 0.15) is 12.6 Å². The number of rotatable bonds is 1. The Bertz CT molecular complexity index is 528. The first kappa shape index (κ1) is 8.81. The Morgan fingerprint density at radius 3 is 2.86 bits per heavy atom. The van der Waals surface area contributed by atoms with Crippen molar-refractivity contribution in [3.05, 3.63) is 40.3 Å². The van der Waals surface area contributed by atoms with E-state index in [1.54, 1.807) is 12.1 Å². The van der Waals surface area contributed by atoms with Gasteiger partial charge in [-0.15, -0.1) is 0 Å². The van der Waals surface area contributed by atoms with Crippen LogP contribution in [0.3, 0.4) is 0 Å². The first-order valence-electron chi connectivity index (χ1n) is 4.62. The number of hydrogen-bond donors (Lipinski definition) is 2. The minimum atomic E-state index is -0.0633. The zero-order valence-corrected chi connectivity index (χ0v) is 8.00. The number of aryl methyl sites for hydroxylation is 1. The third kappa shape index (κ3) is 1.37. The molecule has 2 rings (SSSR count). The Morgan fingerprint density at radius 2 is 2.14 bits per heavy atom. The molecule has 14 heavy (non-hydrogen) atoms. The number of pyridine rings is 1. The number of anilines is 1. The molecule has 0 aliphatic heterocycles. The number of nitrogens with two attached hydrogens (primary N) is 1. The molecule has 0 aliphatic rings. The number of fused-ring (bicyclic) bond motifs is 1. The monoisotopic (exact) mass is 188 g/mol. The smallest absolute Gasteiger partial charge is 0.256 e. The predicted molar refractivity (Wildman–Crippen MR) is 58.4 cm³/mol. The van der Waals surface area contributed by atoms with E-state index >= 15 is 0 Å². The Hall–Kier alpha value is -1.77. The zero-order valence-electron chi connectivity index (χ0n) is 8.00. The maximum absolute atomic E-state index is 11.6. The van der Waals surface area contributed by atoms with Crippen LogP contribution in [0.5, 0.6) is 0 Å². The van der Waals surface area contributed by atoms with Crippen molar-refractivity contribution in [3.8, 4) is 0 Å². The molecule has 3 heteroatoms. The zero-order chi connectivity index (χ0) is 10.1. The lowest BCUT2D eigenvalue weighted by Crippen LogP contribution is -2.08. The summed E-state index contributed by atoms with van der Waals surface area (Å²) in [5.74, 6) is 0. The van der Waals surface area contributed by atoms with Crippen LogP contribution in [0, 0.1) is 0 Å². The average molecular weight is 188 g/mol. The van der Waals surface area contributed by atoms with E-state index in [-0.39, 0.29) is 5.56 Å². The molecule has 1 aromatic heterocycles. The number of H-pyrrole nitrogens is 1. The number of nitrogen functional groups attached to an aromatic ring is 1. The molecule has 72 valence electrons. The largest absolute Gasteiger partial charge is 0.399 e. The fraction of sp³-hybridized carbons (Fsp3) is 0.182. The van der Waals surface area contributed by atoms with Gasteiger partial charge in [0, 0.05) is 16.8 Å². The molecule has 0 fully saturated rings. The second-order valence-corrected chi connectivity index (χ2v) is 3.32. The van der Waals surface area contributed by atoms with Crippen molar-refractivity contribution in [3.63, 3.8) is 0 Å². The van der Waals surface area contributed by atoms with E-state index in [4.69, 9.17) is 5.73 Å². The summed E-state index contributed by atoms with van der Waals surface area (Å²) < 4.78 is 0. The molecule has 3 nitrogen and oxygen atoms in total. The molecular weight excluding hydrogens is 176 g/mol. The van der Waals surface area contributed by atoms with E-state index in [1.807, 2.05) is 19.1 Å². The Kier molecular flexibility index (Phi) is 2.00. The summed E-state index contributed by atoms with van der Waals surface area (Å²) in [7, 11) is 0. The van der Waals surface area contributed by atoms with Crippen molar-refractivity contribution in [2.75, 3.05) is 5.73 Å². The van der Waals surface area contributed by atoms with E-state index in [9.17, 15) is 4.79 Å². The van der Waals surface area contributed by atoms with Gasteiger partial charge in [0.15, 0.2) is 0 Å². The van der Waals surface area contributed by atoms with Crippen LogP contribution in [-0.4, -0.2) is 4.98 Å². The van der Waals surface area contributed by atoms with Gasteiger partial charge in [-0.25, -0.2) is 0 Å². The van der Waals surface area contributed by atoms with Crippen LogP contribution in [0.2, 0.25) is 0 Å². The summed E-state index contributed by atoms with van der Waals surface area (Å²) in [6, 6.07) is 7.37. The number of benzene rings is 1. The van der Waals surface area contributed by atoms with Crippen molar-refractivity contribution < 1.29 is 0 Å². The van der Waals surface area contributed by atoms with Crippen molar-refractivity contribution in [1.29, 1.82) is 0 Å². The third-order valence-corrected chi connectivity index (χ3v) is 2.31. The first-order chi connectivity index (χ1) is 6.70. The molecule has 0 radical (unpaired) electrons. The van der Waals surface area contributed by atoms with Crippen molar-refractivity contribution in [1.82, 2.24) is 4.98 Å². The summed E-state index contributed by atoms with van der Waals surface area (Å²) in [5.41, 5.74) is 7.12. The molecule has 0 amide bonds. The second kappa shape index (κ2) is 3.18. The highest BCUT2D eigenvalue weighted by molar-refractivity contribution is 5.84. The molecular formula is C11H12N2O.